The molecule has 0 aliphatic rings. The van der Waals surface area contributed by atoms with Crippen molar-refractivity contribution in [2.24, 2.45) is 0 Å². The molecule has 2 rings (SSSR count). The molecule has 1 amide bonds. The number of hydrogen-bond donors (Lipinski definition) is 2. The van der Waals surface area contributed by atoms with E-state index in [2.05, 4.69) is 29.5 Å². The highest BCUT2D eigenvalue weighted by atomic mass is 16.5. The van der Waals surface area contributed by atoms with E-state index in [9.17, 15) is 4.79 Å². The first kappa shape index (κ1) is 19.1. The molecule has 1 aromatic carbocycles. The molecule has 5 nitrogen and oxygen atoms in total. The summed E-state index contributed by atoms with van der Waals surface area (Å²) >= 11 is 0. The van der Waals surface area contributed by atoms with Gasteiger partial charge in [-0.05, 0) is 57.5 Å². The van der Waals surface area contributed by atoms with Crippen molar-refractivity contribution in [3.05, 3.63) is 59.9 Å². The average molecular weight is 341 g/mol. The van der Waals surface area contributed by atoms with Crippen LogP contribution in [-0.4, -0.2) is 29.6 Å². The van der Waals surface area contributed by atoms with Crippen LogP contribution in [0.15, 0.2) is 48.8 Å². The molecular weight excluding hydrogens is 314 g/mol. The van der Waals surface area contributed by atoms with Gasteiger partial charge in [0.2, 0.25) is 0 Å². The Morgan fingerprint density at radius 3 is 2.28 bits per heavy atom. The summed E-state index contributed by atoms with van der Waals surface area (Å²) < 4.78 is 5.63. The number of nitrogens with zero attached hydrogens (tertiary/aromatic N) is 1. The first-order valence-corrected chi connectivity index (χ1v) is 8.64. The first-order valence-electron chi connectivity index (χ1n) is 8.64. The molecule has 1 aromatic heterocycles. The van der Waals surface area contributed by atoms with Crippen molar-refractivity contribution in [1.82, 2.24) is 10.3 Å². The van der Waals surface area contributed by atoms with E-state index < -0.39 is 0 Å². The Balaban J connectivity index is 1.89. The second-order valence-corrected chi connectivity index (χ2v) is 6.48. The fourth-order valence-corrected chi connectivity index (χ4v) is 2.47. The van der Waals surface area contributed by atoms with Crippen LogP contribution in [-0.2, 0) is 4.74 Å². The first-order chi connectivity index (χ1) is 12.0. The van der Waals surface area contributed by atoms with Gasteiger partial charge in [0, 0.05) is 35.7 Å². The number of carbonyl (C=O) groups is 1. The third-order valence-corrected chi connectivity index (χ3v) is 3.83. The molecule has 5 heteroatoms. The van der Waals surface area contributed by atoms with E-state index >= 15 is 0 Å². The van der Waals surface area contributed by atoms with Crippen molar-refractivity contribution in [2.75, 3.05) is 11.9 Å². The number of pyridine rings is 1. The minimum Gasteiger partial charge on any atom is -0.377 e. The van der Waals surface area contributed by atoms with Crippen LogP contribution in [0.3, 0.4) is 0 Å². The zero-order valence-corrected chi connectivity index (χ0v) is 15.3. The third-order valence-electron chi connectivity index (χ3n) is 3.83. The summed E-state index contributed by atoms with van der Waals surface area (Å²) in [6.07, 6.45) is 3.45. The minimum absolute atomic E-state index is 0.138. The fourth-order valence-electron chi connectivity index (χ4n) is 2.47. The molecule has 0 radical (unpaired) electrons. The van der Waals surface area contributed by atoms with Crippen molar-refractivity contribution in [1.29, 1.82) is 0 Å². The third kappa shape index (κ3) is 6.29. The van der Waals surface area contributed by atoms with Crippen LogP contribution in [0, 0.1) is 0 Å². The lowest BCUT2D eigenvalue weighted by Gasteiger charge is -2.21. The minimum atomic E-state index is -0.138. The smallest absolute Gasteiger partial charge is 0.255 e. The monoisotopic (exact) mass is 341 g/mol. The Kier molecular flexibility index (Phi) is 7.10. The number of aromatic nitrogens is 1. The molecule has 2 N–H and O–H groups in total. The van der Waals surface area contributed by atoms with E-state index in [4.69, 9.17) is 4.74 Å². The lowest BCUT2D eigenvalue weighted by Crippen LogP contribution is -2.33. The Bertz CT molecular complexity index is 656. The number of ether oxygens (including phenoxy) is 1. The summed E-state index contributed by atoms with van der Waals surface area (Å²) in [6, 6.07) is 11.7. The number of rotatable bonds is 8. The second-order valence-electron chi connectivity index (χ2n) is 6.48. The molecule has 2 atom stereocenters. The van der Waals surface area contributed by atoms with Gasteiger partial charge in [-0.1, -0.05) is 12.1 Å². The highest BCUT2D eigenvalue weighted by Crippen LogP contribution is 2.17. The van der Waals surface area contributed by atoms with E-state index in [0.717, 1.165) is 5.69 Å². The van der Waals surface area contributed by atoms with Gasteiger partial charge in [-0.2, -0.15) is 0 Å². The summed E-state index contributed by atoms with van der Waals surface area (Å²) in [7, 11) is 0. The molecule has 0 spiro atoms. The molecule has 0 saturated carbocycles. The highest BCUT2D eigenvalue weighted by molar-refractivity contribution is 6.04. The molecule has 134 valence electrons. The molecule has 0 aliphatic carbocycles. The van der Waals surface area contributed by atoms with Gasteiger partial charge in [0.05, 0.1) is 12.7 Å². The summed E-state index contributed by atoms with van der Waals surface area (Å²) in [5.74, 6) is -0.138. The highest BCUT2D eigenvalue weighted by Gasteiger charge is 2.11. The van der Waals surface area contributed by atoms with Crippen LogP contribution in [0.5, 0.6) is 0 Å². The number of anilines is 1. The van der Waals surface area contributed by atoms with E-state index in [1.807, 2.05) is 38.1 Å². The fraction of sp³-hybridized carbons (Fsp3) is 0.400. The molecule has 0 aliphatic heterocycles. The standard InChI is InChI=1S/C20H27N3O2/c1-14(2)25-13-15(3)22-16(4)17-5-7-19(8-6-17)23-20(24)18-9-11-21-12-10-18/h5-12,14-16,22H,13H2,1-4H3,(H,23,24)/t15-,16+/m1/s1. The zero-order chi connectivity index (χ0) is 18.2. The Morgan fingerprint density at radius 2 is 1.68 bits per heavy atom. The molecule has 2 aromatic rings. The van der Waals surface area contributed by atoms with E-state index in [0.29, 0.717) is 12.2 Å². The molecule has 0 fully saturated rings. The summed E-state index contributed by atoms with van der Waals surface area (Å²) in [4.78, 5) is 16.1. The SMILES string of the molecule is CC(C)OC[C@@H](C)N[C@@H](C)c1ccc(NC(=O)c2ccncc2)cc1. The van der Waals surface area contributed by atoms with Gasteiger partial charge < -0.3 is 15.4 Å². The van der Waals surface area contributed by atoms with Gasteiger partial charge in [-0.25, -0.2) is 0 Å². The van der Waals surface area contributed by atoms with Crippen molar-refractivity contribution in [2.45, 2.75) is 45.9 Å². The topological polar surface area (TPSA) is 63.2 Å². The number of carbonyl (C=O) groups excluding carboxylic acids is 1. The van der Waals surface area contributed by atoms with Crippen LogP contribution >= 0.6 is 0 Å². The van der Waals surface area contributed by atoms with E-state index in [1.54, 1.807) is 24.5 Å². The number of nitrogens with one attached hydrogen (secondary N) is 2. The number of benzene rings is 1. The summed E-state index contributed by atoms with van der Waals surface area (Å²) in [6.45, 7) is 8.99. The lowest BCUT2D eigenvalue weighted by molar-refractivity contribution is 0.0626. The Labute approximate surface area is 149 Å². The predicted octanol–water partition coefficient (Wildman–Crippen LogP) is 3.80. The van der Waals surface area contributed by atoms with Gasteiger partial charge in [-0.3, -0.25) is 9.78 Å². The number of amides is 1. The van der Waals surface area contributed by atoms with Gasteiger partial charge >= 0.3 is 0 Å². The molecule has 0 bridgehead atoms. The quantitative estimate of drug-likeness (QED) is 0.767. The van der Waals surface area contributed by atoms with Gasteiger partial charge in [0.25, 0.3) is 5.91 Å². The van der Waals surface area contributed by atoms with Crippen LogP contribution in [0.2, 0.25) is 0 Å². The zero-order valence-electron chi connectivity index (χ0n) is 15.3. The van der Waals surface area contributed by atoms with Gasteiger partial charge in [-0.15, -0.1) is 0 Å². The Morgan fingerprint density at radius 1 is 1.04 bits per heavy atom. The second kappa shape index (κ2) is 9.30. The maximum Gasteiger partial charge on any atom is 0.255 e. The maximum absolute atomic E-state index is 12.1. The molecule has 0 saturated heterocycles. The summed E-state index contributed by atoms with van der Waals surface area (Å²) in [5.41, 5.74) is 2.53. The van der Waals surface area contributed by atoms with Crippen LogP contribution in [0.4, 0.5) is 5.69 Å². The lowest BCUT2D eigenvalue weighted by atomic mass is 10.1. The van der Waals surface area contributed by atoms with Crippen molar-refractivity contribution in [3.63, 3.8) is 0 Å². The molecule has 0 unspecified atom stereocenters. The normalized spacial score (nSPS) is 13.5. The van der Waals surface area contributed by atoms with Crippen LogP contribution in [0.1, 0.15) is 49.7 Å². The van der Waals surface area contributed by atoms with Crippen molar-refractivity contribution >= 4 is 11.6 Å². The molecular formula is C20H27N3O2. The van der Waals surface area contributed by atoms with Crippen LogP contribution < -0.4 is 10.6 Å². The van der Waals surface area contributed by atoms with E-state index in [1.165, 1.54) is 5.56 Å². The largest absolute Gasteiger partial charge is 0.377 e. The van der Waals surface area contributed by atoms with Gasteiger partial charge in [0.1, 0.15) is 0 Å². The number of hydrogen-bond acceptors (Lipinski definition) is 4. The van der Waals surface area contributed by atoms with Crippen molar-refractivity contribution < 1.29 is 9.53 Å². The molecule has 25 heavy (non-hydrogen) atoms. The summed E-state index contributed by atoms with van der Waals surface area (Å²) in [5, 5.41) is 6.41. The van der Waals surface area contributed by atoms with Gasteiger partial charge in [0.15, 0.2) is 0 Å². The van der Waals surface area contributed by atoms with Crippen LogP contribution in [0.25, 0.3) is 0 Å². The van der Waals surface area contributed by atoms with E-state index in [-0.39, 0.29) is 24.1 Å². The molecule has 1 heterocycles. The maximum atomic E-state index is 12.1. The van der Waals surface area contributed by atoms with Crippen molar-refractivity contribution in [3.8, 4) is 0 Å². The Hall–Kier alpha value is -2.24. The predicted molar refractivity (Wildman–Crippen MR) is 101 cm³/mol. The average Bonchev–Trinajstić information content (AvgIpc) is 2.61.